The minimum atomic E-state index is -0.0734. The van der Waals surface area contributed by atoms with Crippen molar-refractivity contribution in [2.45, 2.75) is 58.1 Å². The van der Waals surface area contributed by atoms with Gasteiger partial charge in [0.1, 0.15) is 0 Å². The predicted octanol–water partition coefficient (Wildman–Crippen LogP) is 3.48. The van der Waals surface area contributed by atoms with Crippen LogP contribution in [-0.2, 0) is 11.3 Å². The highest BCUT2D eigenvalue weighted by Gasteiger charge is 2.27. The fourth-order valence-corrected chi connectivity index (χ4v) is 2.72. The van der Waals surface area contributed by atoms with Gasteiger partial charge in [-0.2, -0.15) is 0 Å². The molecule has 0 aliphatic heterocycles. The molecule has 0 unspecified atom stereocenters. The van der Waals surface area contributed by atoms with Crippen LogP contribution < -0.4 is 5.73 Å². The van der Waals surface area contributed by atoms with Crippen molar-refractivity contribution in [2.24, 2.45) is 5.73 Å². The van der Waals surface area contributed by atoms with Crippen molar-refractivity contribution in [3.63, 3.8) is 0 Å². The van der Waals surface area contributed by atoms with Crippen LogP contribution in [0.4, 0.5) is 0 Å². The molecule has 1 aliphatic carbocycles. The second kappa shape index (κ2) is 5.85. The summed E-state index contributed by atoms with van der Waals surface area (Å²) in [4.78, 5) is 0. The van der Waals surface area contributed by atoms with Gasteiger partial charge in [-0.15, -0.1) is 0 Å². The van der Waals surface area contributed by atoms with Gasteiger partial charge in [-0.05, 0) is 37.8 Å². The topological polar surface area (TPSA) is 35.2 Å². The Morgan fingerprint density at radius 1 is 1.17 bits per heavy atom. The van der Waals surface area contributed by atoms with Crippen LogP contribution in [0.1, 0.15) is 48.8 Å². The van der Waals surface area contributed by atoms with E-state index in [9.17, 15) is 0 Å². The number of rotatable bonds is 4. The fraction of sp³-hybridized carbons (Fsp3) is 0.625. The van der Waals surface area contributed by atoms with Gasteiger partial charge < -0.3 is 10.5 Å². The molecule has 0 atom stereocenters. The van der Waals surface area contributed by atoms with Gasteiger partial charge in [0.05, 0.1) is 13.2 Å². The van der Waals surface area contributed by atoms with E-state index < -0.39 is 0 Å². The van der Waals surface area contributed by atoms with Gasteiger partial charge in [0.2, 0.25) is 0 Å². The Morgan fingerprint density at radius 3 is 2.61 bits per heavy atom. The van der Waals surface area contributed by atoms with Crippen LogP contribution in [0.5, 0.6) is 0 Å². The highest BCUT2D eigenvalue weighted by molar-refractivity contribution is 5.29. The second-order valence-electron chi connectivity index (χ2n) is 5.85. The van der Waals surface area contributed by atoms with E-state index in [4.69, 9.17) is 10.5 Å². The van der Waals surface area contributed by atoms with Gasteiger partial charge >= 0.3 is 0 Å². The molecule has 100 valence electrons. The molecule has 1 aliphatic rings. The summed E-state index contributed by atoms with van der Waals surface area (Å²) in [6.07, 6.45) is 6.06. The summed E-state index contributed by atoms with van der Waals surface area (Å²) >= 11 is 0. The van der Waals surface area contributed by atoms with Crippen LogP contribution in [0, 0.1) is 13.8 Å². The number of benzene rings is 1. The third-order valence-electron chi connectivity index (χ3n) is 4.00. The number of ether oxygens (including phenoxy) is 1. The summed E-state index contributed by atoms with van der Waals surface area (Å²) in [5.74, 6) is 0. The first-order valence-electron chi connectivity index (χ1n) is 7.02. The third-order valence-corrected chi connectivity index (χ3v) is 4.00. The summed E-state index contributed by atoms with van der Waals surface area (Å²) in [5, 5.41) is 0. The van der Waals surface area contributed by atoms with Gasteiger partial charge in [0.25, 0.3) is 0 Å². The van der Waals surface area contributed by atoms with E-state index in [-0.39, 0.29) is 5.54 Å². The smallest absolute Gasteiger partial charge is 0.0720 e. The number of hydrogen-bond acceptors (Lipinski definition) is 2. The highest BCUT2D eigenvalue weighted by Crippen LogP contribution is 2.26. The van der Waals surface area contributed by atoms with Crippen molar-refractivity contribution in [3.8, 4) is 0 Å². The summed E-state index contributed by atoms with van der Waals surface area (Å²) in [5.41, 5.74) is 10.2. The number of nitrogens with two attached hydrogens (primary N) is 1. The van der Waals surface area contributed by atoms with Crippen LogP contribution in [0.15, 0.2) is 18.2 Å². The van der Waals surface area contributed by atoms with Gasteiger partial charge in [0, 0.05) is 5.54 Å². The lowest BCUT2D eigenvalue weighted by Gasteiger charge is -2.33. The summed E-state index contributed by atoms with van der Waals surface area (Å²) in [6.45, 7) is 5.64. The van der Waals surface area contributed by atoms with E-state index in [1.807, 2.05) is 0 Å². The predicted molar refractivity (Wildman–Crippen MR) is 75.6 cm³/mol. The summed E-state index contributed by atoms with van der Waals surface area (Å²) < 4.78 is 5.87. The van der Waals surface area contributed by atoms with E-state index in [2.05, 4.69) is 32.0 Å². The molecular weight excluding hydrogens is 222 g/mol. The van der Waals surface area contributed by atoms with E-state index in [0.717, 1.165) is 12.8 Å². The van der Waals surface area contributed by atoms with Gasteiger partial charge in [0.15, 0.2) is 0 Å². The normalized spacial score (nSPS) is 18.8. The van der Waals surface area contributed by atoms with Gasteiger partial charge in [-0.1, -0.05) is 43.0 Å². The number of aryl methyl sites for hydroxylation is 2. The molecule has 1 fully saturated rings. The van der Waals surface area contributed by atoms with Crippen molar-refractivity contribution < 1.29 is 4.74 Å². The van der Waals surface area contributed by atoms with Crippen LogP contribution in [0.25, 0.3) is 0 Å². The second-order valence-corrected chi connectivity index (χ2v) is 5.85. The van der Waals surface area contributed by atoms with Crippen molar-refractivity contribution in [3.05, 3.63) is 34.9 Å². The zero-order valence-electron chi connectivity index (χ0n) is 11.7. The maximum Gasteiger partial charge on any atom is 0.0720 e. The van der Waals surface area contributed by atoms with Crippen LogP contribution in [0.3, 0.4) is 0 Å². The van der Waals surface area contributed by atoms with Crippen molar-refractivity contribution >= 4 is 0 Å². The molecule has 18 heavy (non-hydrogen) atoms. The quantitative estimate of drug-likeness (QED) is 0.884. The average molecular weight is 247 g/mol. The summed E-state index contributed by atoms with van der Waals surface area (Å²) in [7, 11) is 0. The average Bonchev–Trinajstić information content (AvgIpc) is 2.34. The third kappa shape index (κ3) is 3.56. The molecule has 0 amide bonds. The zero-order chi connectivity index (χ0) is 13.0. The van der Waals surface area contributed by atoms with Crippen LogP contribution in [0.2, 0.25) is 0 Å². The van der Waals surface area contributed by atoms with Crippen LogP contribution >= 0.6 is 0 Å². The molecule has 1 saturated carbocycles. The SMILES string of the molecule is Cc1ccc(C)c(COCC2(N)CCCCC2)c1. The molecule has 0 bridgehead atoms. The Kier molecular flexibility index (Phi) is 4.41. The molecule has 0 radical (unpaired) electrons. The molecule has 0 saturated heterocycles. The molecular formula is C16H25NO. The lowest BCUT2D eigenvalue weighted by atomic mass is 9.83. The Bertz CT molecular complexity index is 394. The van der Waals surface area contributed by atoms with Crippen LogP contribution in [-0.4, -0.2) is 12.1 Å². The van der Waals surface area contributed by atoms with E-state index in [1.165, 1.54) is 36.0 Å². The molecule has 0 spiro atoms. The minimum absolute atomic E-state index is 0.0734. The maximum absolute atomic E-state index is 6.37. The lowest BCUT2D eigenvalue weighted by molar-refractivity contribution is 0.0572. The van der Waals surface area contributed by atoms with Gasteiger partial charge in [-0.3, -0.25) is 0 Å². The van der Waals surface area contributed by atoms with E-state index in [1.54, 1.807) is 0 Å². The van der Waals surface area contributed by atoms with Crippen molar-refractivity contribution in [2.75, 3.05) is 6.61 Å². The largest absolute Gasteiger partial charge is 0.375 e. The Hall–Kier alpha value is -0.860. The highest BCUT2D eigenvalue weighted by atomic mass is 16.5. The Labute approximate surface area is 111 Å². The first-order valence-corrected chi connectivity index (χ1v) is 7.02. The molecule has 1 aromatic rings. The van der Waals surface area contributed by atoms with E-state index in [0.29, 0.717) is 13.2 Å². The standard InChI is InChI=1S/C16H25NO/c1-13-6-7-14(2)15(10-13)11-18-12-16(17)8-4-3-5-9-16/h6-7,10H,3-5,8-9,11-12,17H2,1-2H3. The molecule has 2 N–H and O–H groups in total. The minimum Gasteiger partial charge on any atom is -0.375 e. The summed E-state index contributed by atoms with van der Waals surface area (Å²) in [6, 6.07) is 6.51. The maximum atomic E-state index is 6.37. The monoisotopic (exact) mass is 247 g/mol. The van der Waals surface area contributed by atoms with E-state index >= 15 is 0 Å². The molecule has 2 heteroatoms. The molecule has 0 aromatic heterocycles. The zero-order valence-corrected chi connectivity index (χ0v) is 11.7. The number of hydrogen-bond donors (Lipinski definition) is 1. The first-order chi connectivity index (χ1) is 8.59. The van der Waals surface area contributed by atoms with Gasteiger partial charge in [-0.25, -0.2) is 0 Å². The Balaban J connectivity index is 1.86. The first kappa shape index (κ1) is 13.6. The molecule has 2 rings (SSSR count). The molecule has 2 nitrogen and oxygen atoms in total. The lowest BCUT2D eigenvalue weighted by Crippen LogP contribution is -2.46. The Morgan fingerprint density at radius 2 is 1.89 bits per heavy atom. The molecule has 1 aromatic carbocycles. The fourth-order valence-electron chi connectivity index (χ4n) is 2.72. The van der Waals surface area contributed by atoms with Crippen molar-refractivity contribution in [1.29, 1.82) is 0 Å². The van der Waals surface area contributed by atoms with Crippen molar-refractivity contribution in [1.82, 2.24) is 0 Å². The molecule has 0 heterocycles.